The summed E-state index contributed by atoms with van der Waals surface area (Å²) < 4.78 is 75.7. The van der Waals surface area contributed by atoms with Crippen LogP contribution in [0.15, 0.2) is 30.3 Å². The molecule has 190 valence electrons. The van der Waals surface area contributed by atoms with Gasteiger partial charge in [0, 0.05) is 5.69 Å². The van der Waals surface area contributed by atoms with Gasteiger partial charge in [0.1, 0.15) is 10.0 Å². The van der Waals surface area contributed by atoms with E-state index in [9.17, 15) is 30.8 Å². The number of hydrogen-bond acceptors (Lipinski definition) is 6. The highest BCUT2D eigenvalue weighted by molar-refractivity contribution is 8.09. The maximum absolute atomic E-state index is 15.1. The number of carbonyl (C=O) groups is 2. The molecular formula is C19H16Cl3F2N3O6S2. The largest absolute Gasteiger partial charge is 0.326 e. The normalized spacial score (nSPS) is 16.9. The monoisotopic (exact) mass is 589 g/mol. The van der Waals surface area contributed by atoms with E-state index in [2.05, 4.69) is 10.6 Å². The number of halogens is 5. The summed E-state index contributed by atoms with van der Waals surface area (Å²) in [5.41, 5.74) is -2.26. The van der Waals surface area contributed by atoms with Crippen LogP contribution in [-0.2, 0) is 24.8 Å². The molecule has 0 aromatic heterocycles. The van der Waals surface area contributed by atoms with Gasteiger partial charge in [-0.3, -0.25) is 9.59 Å². The zero-order valence-electron chi connectivity index (χ0n) is 17.8. The second kappa shape index (κ2) is 9.36. The van der Waals surface area contributed by atoms with Gasteiger partial charge < -0.3 is 10.6 Å². The van der Waals surface area contributed by atoms with Crippen molar-refractivity contribution in [2.45, 2.75) is 10.8 Å². The molecule has 0 bridgehead atoms. The summed E-state index contributed by atoms with van der Waals surface area (Å²) in [5.74, 6) is -5.35. The molecule has 1 atom stereocenters. The third kappa shape index (κ3) is 5.97. The smallest absolute Gasteiger partial charge is 0.257 e. The van der Waals surface area contributed by atoms with Crippen LogP contribution in [0, 0.1) is 17.6 Å². The maximum Gasteiger partial charge on any atom is 0.257 e. The van der Waals surface area contributed by atoms with Crippen LogP contribution in [0.4, 0.5) is 25.8 Å². The molecule has 35 heavy (non-hydrogen) atoms. The highest BCUT2D eigenvalue weighted by Crippen LogP contribution is 2.53. The van der Waals surface area contributed by atoms with Gasteiger partial charge in [-0.15, -0.1) is 23.2 Å². The molecule has 2 aromatic carbocycles. The summed E-state index contributed by atoms with van der Waals surface area (Å²) >= 11 is 17.8. The first-order chi connectivity index (χ1) is 15.9. The molecule has 1 fully saturated rings. The average Bonchev–Trinajstić information content (AvgIpc) is 3.35. The van der Waals surface area contributed by atoms with E-state index in [1.165, 1.54) is 18.2 Å². The Morgan fingerprint density at radius 1 is 1.03 bits per heavy atom. The van der Waals surface area contributed by atoms with Crippen LogP contribution in [0.25, 0.3) is 0 Å². The number of alkyl halides is 2. The summed E-state index contributed by atoms with van der Waals surface area (Å²) in [7, 11) is -9.36. The van der Waals surface area contributed by atoms with Crippen molar-refractivity contribution < 1.29 is 35.2 Å². The lowest BCUT2D eigenvalue weighted by Crippen LogP contribution is -2.36. The molecular weight excluding hydrogens is 575 g/mol. The number of nitrogens with one attached hydrogen (secondary N) is 2. The SMILES string of the molecule is CS(=O)(=O)N(c1c(F)ccc(NC(=O)c2cc(NC(=O)[C@H]3CC3(Cl)Cl)ccc2Cl)c1F)S(C)(=O)=O. The molecule has 0 aliphatic heterocycles. The van der Waals surface area contributed by atoms with E-state index in [0.29, 0.717) is 18.6 Å². The van der Waals surface area contributed by atoms with E-state index < -0.39 is 68.8 Å². The Balaban J connectivity index is 1.94. The Morgan fingerprint density at radius 2 is 1.60 bits per heavy atom. The van der Waals surface area contributed by atoms with Crippen molar-refractivity contribution in [2.24, 2.45) is 5.92 Å². The lowest BCUT2D eigenvalue weighted by Gasteiger charge is -2.22. The van der Waals surface area contributed by atoms with E-state index in [1.54, 1.807) is 0 Å². The Labute approximate surface area is 214 Å². The van der Waals surface area contributed by atoms with Crippen LogP contribution in [0.3, 0.4) is 0 Å². The number of hydrogen-bond donors (Lipinski definition) is 2. The minimum Gasteiger partial charge on any atom is -0.326 e. The molecule has 2 N–H and O–H groups in total. The molecule has 16 heteroatoms. The van der Waals surface area contributed by atoms with Gasteiger partial charge in [-0.05, 0) is 36.8 Å². The molecule has 0 spiro atoms. The second-order valence-electron chi connectivity index (χ2n) is 7.64. The van der Waals surface area contributed by atoms with Gasteiger partial charge in [0.2, 0.25) is 26.0 Å². The molecule has 0 saturated heterocycles. The molecule has 0 unspecified atom stereocenters. The molecule has 1 saturated carbocycles. The fraction of sp³-hybridized carbons (Fsp3) is 0.263. The Bertz CT molecular complexity index is 1420. The van der Waals surface area contributed by atoms with Crippen molar-refractivity contribution in [1.29, 1.82) is 0 Å². The number of carbonyl (C=O) groups excluding carboxylic acids is 2. The van der Waals surface area contributed by atoms with Gasteiger partial charge >= 0.3 is 0 Å². The summed E-state index contributed by atoms with van der Waals surface area (Å²) in [6.07, 6.45) is 1.13. The fourth-order valence-electron chi connectivity index (χ4n) is 3.08. The zero-order valence-corrected chi connectivity index (χ0v) is 21.7. The topological polar surface area (TPSA) is 130 Å². The molecule has 3 rings (SSSR count). The number of anilines is 3. The van der Waals surface area contributed by atoms with Gasteiger partial charge in [-0.25, -0.2) is 25.6 Å². The predicted molar refractivity (Wildman–Crippen MR) is 129 cm³/mol. The van der Waals surface area contributed by atoms with Crippen LogP contribution in [0.1, 0.15) is 16.8 Å². The summed E-state index contributed by atoms with van der Waals surface area (Å²) in [5, 5.41) is 4.49. The molecule has 0 heterocycles. The predicted octanol–water partition coefficient (Wildman–Crippen LogP) is 3.73. The Morgan fingerprint density at radius 3 is 2.11 bits per heavy atom. The number of sulfonamides is 2. The first-order valence-corrected chi connectivity index (χ1v) is 14.2. The molecule has 0 radical (unpaired) electrons. The Kier molecular flexibility index (Phi) is 7.32. The lowest BCUT2D eigenvalue weighted by atomic mass is 10.1. The van der Waals surface area contributed by atoms with E-state index in [0.717, 1.165) is 6.07 Å². The van der Waals surface area contributed by atoms with Crippen LogP contribution >= 0.6 is 34.8 Å². The first-order valence-electron chi connectivity index (χ1n) is 9.41. The van der Waals surface area contributed by atoms with Crippen LogP contribution in [0.2, 0.25) is 5.02 Å². The zero-order chi connectivity index (χ0) is 26.5. The highest BCUT2D eigenvalue weighted by atomic mass is 35.5. The van der Waals surface area contributed by atoms with Crippen molar-refractivity contribution >= 4 is 83.7 Å². The van der Waals surface area contributed by atoms with Crippen molar-refractivity contribution in [3.63, 3.8) is 0 Å². The van der Waals surface area contributed by atoms with Gasteiger partial charge in [0.15, 0.2) is 11.6 Å². The quantitative estimate of drug-likeness (QED) is 0.473. The molecule has 1 aliphatic rings. The van der Waals surface area contributed by atoms with Gasteiger partial charge in [-0.1, -0.05) is 11.6 Å². The van der Waals surface area contributed by atoms with E-state index >= 15 is 4.39 Å². The fourth-order valence-corrected chi connectivity index (χ4v) is 6.75. The Hall–Kier alpha value is -2.19. The number of nitrogens with zero attached hydrogens (tertiary/aromatic N) is 1. The molecule has 2 amide bonds. The molecule has 2 aromatic rings. The van der Waals surface area contributed by atoms with Gasteiger partial charge in [0.25, 0.3) is 5.91 Å². The molecule has 1 aliphatic carbocycles. The first kappa shape index (κ1) is 27.4. The van der Waals surface area contributed by atoms with Crippen LogP contribution in [0.5, 0.6) is 0 Å². The number of rotatable bonds is 7. The third-order valence-corrected chi connectivity index (χ3v) is 9.08. The minimum absolute atomic E-state index is 0.104. The van der Waals surface area contributed by atoms with Crippen molar-refractivity contribution in [3.05, 3.63) is 52.6 Å². The number of benzene rings is 2. The van der Waals surface area contributed by atoms with Crippen LogP contribution in [-0.4, -0.2) is 45.5 Å². The third-order valence-electron chi connectivity index (χ3n) is 4.72. The standard InChI is InChI=1S/C19H16Cl3F2N3O6S2/c1-34(30,31)27(35(2,32)33)16-13(23)5-6-14(15(16)24)26-17(28)10-7-9(3-4-12(10)20)25-18(29)11-8-19(11,21)22/h3-7,11H,8H2,1-2H3,(H,25,29)(H,26,28)/t11-/m1/s1. The van der Waals surface area contributed by atoms with E-state index in [4.69, 9.17) is 34.8 Å². The van der Waals surface area contributed by atoms with Crippen molar-refractivity contribution in [2.75, 3.05) is 26.9 Å². The van der Waals surface area contributed by atoms with Gasteiger partial charge in [0.05, 0.1) is 34.7 Å². The van der Waals surface area contributed by atoms with E-state index in [-0.39, 0.29) is 22.7 Å². The lowest BCUT2D eigenvalue weighted by molar-refractivity contribution is -0.117. The maximum atomic E-state index is 15.1. The average molecular weight is 591 g/mol. The summed E-state index contributed by atoms with van der Waals surface area (Å²) in [4.78, 5) is 25.0. The summed E-state index contributed by atoms with van der Waals surface area (Å²) in [6.45, 7) is 0. The van der Waals surface area contributed by atoms with E-state index in [1.807, 2.05) is 0 Å². The minimum atomic E-state index is -4.68. The molecule has 9 nitrogen and oxygen atoms in total. The number of amides is 2. The highest BCUT2D eigenvalue weighted by Gasteiger charge is 2.56. The van der Waals surface area contributed by atoms with Crippen molar-refractivity contribution in [1.82, 2.24) is 0 Å². The van der Waals surface area contributed by atoms with Crippen LogP contribution < -0.4 is 14.3 Å². The van der Waals surface area contributed by atoms with Crippen molar-refractivity contribution in [3.8, 4) is 0 Å². The second-order valence-corrected chi connectivity index (χ2v) is 13.5. The summed E-state index contributed by atoms with van der Waals surface area (Å²) in [6, 6.07) is 5.17. The van der Waals surface area contributed by atoms with Gasteiger partial charge in [-0.2, -0.15) is 3.71 Å².